The molecule has 24 heavy (non-hydrogen) atoms. The summed E-state index contributed by atoms with van der Waals surface area (Å²) in [6, 6.07) is 9.50. The molecule has 0 heterocycles. The number of amides is 1. The molecule has 0 radical (unpaired) electrons. The summed E-state index contributed by atoms with van der Waals surface area (Å²) < 4.78 is 40.4. The average molecular weight is 371 g/mol. The summed E-state index contributed by atoms with van der Waals surface area (Å²) in [5, 5.41) is 2.77. The predicted molar refractivity (Wildman–Crippen MR) is 91.3 cm³/mol. The highest BCUT2D eigenvalue weighted by atomic mass is 35.5. The first-order valence-electron chi connectivity index (χ1n) is 7.19. The molecule has 128 valence electrons. The molecule has 0 spiro atoms. The van der Waals surface area contributed by atoms with E-state index in [0.29, 0.717) is 11.4 Å². The lowest BCUT2D eigenvalue weighted by atomic mass is 10.2. The maximum Gasteiger partial charge on any atom is 0.255 e. The summed E-state index contributed by atoms with van der Waals surface area (Å²) in [6.07, 6.45) is 0.621. The van der Waals surface area contributed by atoms with Gasteiger partial charge in [-0.2, -0.15) is 0 Å². The molecule has 8 heteroatoms. The van der Waals surface area contributed by atoms with Gasteiger partial charge < -0.3 is 5.32 Å². The lowest BCUT2D eigenvalue weighted by molar-refractivity contribution is 0.102. The van der Waals surface area contributed by atoms with Gasteiger partial charge in [0.15, 0.2) is 0 Å². The van der Waals surface area contributed by atoms with Crippen LogP contribution in [0.25, 0.3) is 0 Å². The minimum atomic E-state index is -3.77. The lowest BCUT2D eigenvalue weighted by Crippen LogP contribution is -2.24. The Kier molecular flexibility index (Phi) is 5.93. The van der Waals surface area contributed by atoms with E-state index in [1.807, 2.05) is 6.92 Å². The molecule has 2 aromatic rings. The smallest absolute Gasteiger partial charge is 0.255 e. The third-order valence-electron chi connectivity index (χ3n) is 3.13. The molecular formula is C16H16ClFN2O3S. The highest BCUT2D eigenvalue weighted by molar-refractivity contribution is 7.89. The van der Waals surface area contributed by atoms with Crippen LogP contribution in [0.15, 0.2) is 47.4 Å². The molecule has 0 fully saturated rings. The van der Waals surface area contributed by atoms with Crippen molar-refractivity contribution in [1.82, 2.24) is 4.72 Å². The molecule has 0 aliphatic carbocycles. The molecule has 2 N–H and O–H groups in total. The Morgan fingerprint density at radius 2 is 1.96 bits per heavy atom. The van der Waals surface area contributed by atoms with Crippen molar-refractivity contribution in [1.29, 1.82) is 0 Å². The van der Waals surface area contributed by atoms with E-state index in [2.05, 4.69) is 10.0 Å². The summed E-state index contributed by atoms with van der Waals surface area (Å²) in [5.41, 5.74) is 0.151. The second-order valence-electron chi connectivity index (χ2n) is 5.00. The van der Waals surface area contributed by atoms with Crippen LogP contribution < -0.4 is 10.0 Å². The summed E-state index contributed by atoms with van der Waals surface area (Å²) in [4.78, 5) is 11.9. The van der Waals surface area contributed by atoms with E-state index in [4.69, 9.17) is 11.6 Å². The maximum atomic E-state index is 14.1. The zero-order valence-corrected chi connectivity index (χ0v) is 14.4. The highest BCUT2D eigenvalue weighted by Gasteiger charge is 2.17. The second kappa shape index (κ2) is 7.74. The first-order chi connectivity index (χ1) is 11.3. The Bertz CT molecular complexity index is 856. The Balaban J connectivity index is 2.20. The van der Waals surface area contributed by atoms with Gasteiger partial charge in [0.1, 0.15) is 5.82 Å². The minimum absolute atomic E-state index is 0.116. The van der Waals surface area contributed by atoms with Crippen molar-refractivity contribution in [3.63, 3.8) is 0 Å². The van der Waals surface area contributed by atoms with Crippen LogP contribution in [0.1, 0.15) is 23.7 Å². The largest absolute Gasteiger partial charge is 0.319 e. The van der Waals surface area contributed by atoms with Gasteiger partial charge in [-0.1, -0.05) is 24.6 Å². The Labute approximate surface area is 144 Å². The molecule has 2 aromatic carbocycles. The van der Waals surface area contributed by atoms with Crippen molar-refractivity contribution in [2.45, 2.75) is 18.2 Å². The van der Waals surface area contributed by atoms with E-state index < -0.39 is 21.7 Å². The molecule has 0 atom stereocenters. The predicted octanol–water partition coefficient (Wildman–Crippen LogP) is 3.42. The van der Waals surface area contributed by atoms with E-state index >= 15 is 0 Å². The average Bonchev–Trinajstić information content (AvgIpc) is 2.54. The van der Waals surface area contributed by atoms with Crippen LogP contribution in [0.5, 0.6) is 0 Å². The molecule has 2 rings (SSSR count). The van der Waals surface area contributed by atoms with Gasteiger partial charge in [0.05, 0.1) is 10.6 Å². The first-order valence-corrected chi connectivity index (χ1v) is 9.05. The van der Waals surface area contributed by atoms with E-state index in [1.165, 1.54) is 24.3 Å². The fourth-order valence-electron chi connectivity index (χ4n) is 1.91. The molecule has 0 unspecified atom stereocenters. The van der Waals surface area contributed by atoms with Crippen molar-refractivity contribution in [2.75, 3.05) is 11.9 Å². The van der Waals surface area contributed by atoms with Gasteiger partial charge in [-0.25, -0.2) is 17.5 Å². The van der Waals surface area contributed by atoms with Crippen LogP contribution in [0.4, 0.5) is 10.1 Å². The summed E-state index contributed by atoms with van der Waals surface area (Å²) >= 11 is 5.81. The van der Waals surface area contributed by atoms with Gasteiger partial charge in [-0.15, -0.1) is 0 Å². The van der Waals surface area contributed by atoms with Gasteiger partial charge in [0.2, 0.25) is 10.0 Å². The van der Waals surface area contributed by atoms with Crippen molar-refractivity contribution in [3.8, 4) is 0 Å². The van der Waals surface area contributed by atoms with Crippen LogP contribution in [0.2, 0.25) is 5.02 Å². The fraction of sp³-hybridized carbons (Fsp3) is 0.188. The first kappa shape index (κ1) is 18.4. The Hall–Kier alpha value is -1.96. The van der Waals surface area contributed by atoms with E-state index in [9.17, 15) is 17.6 Å². The topological polar surface area (TPSA) is 75.3 Å². The zero-order valence-electron chi connectivity index (χ0n) is 12.8. The Morgan fingerprint density at radius 3 is 2.58 bits per heavy atom. The van der Waals surface area contributed by atoms with E-state index in [1.54, 1.807) is 12.1 Å². The molecule has 0 saturated heterocycles. The molecule has 1 amide bonds. The molecule has 0 bridgehead atoms. The number of carbonyl (C=O) groups is 1. The van der Waals surface area contributed by atoms with Crippen LogP contribution in [-0.2, 0) is 10.0 Å². The minimum Gasteiger partial charge on any atom is -0.319 e. The molecule has 0 saturated carbocycles. The number of halogens is 2. The van der Waals surface area contributed by atoms with Crippen molar-refractivity contribution in [3.05, 3.63) is 58.9 Å². The van der Waals surface area contributed by atoms with Crippen molar-refractivity contribution >= 4 is 33.2 Å². The number of sulfonamides is 1. The Morgan fingerprint density at radius 1 is 1.21 bits per heavy atom. The summed E-state index contributed by atoms with van der Waals surface area (Å²) in [5.74, 6) is -1.39. The highest BCUT2D eigenvalue weighted by Crippen LogP contribution is 2.20. The van der Waals surface area contributed by atoms with Crippen LogP contribution in [0, 0.1) is 5.82 Å². The van der Waals surface area contributed by atoms with Crippen LogP contribution in [0.3, 0.4) is 0 Å². The number of benzene rings is 2. The van der Waals surface area contributed by atoms with Gasteiger partial charge in [-0.05, 0) is 42.8 Å². The van der Waals surface area contributed by atoms with E-state index in [0.717, 1.165) is 6.07 Å². The third kappa shape index (κ3) is 4.53. The van der Waals surface area contributed by atoms with E-state index in [-0.39, 0.29) is 22.7 Å². The monoisotopic (exact) mass is 370 g/mol. The van der Waals surface area contributed by atoms with Crippen LogP contribution >= 0.6 is 11.6 Å². The fourth-order valence-corrected chi connectivity index (χ4v) is 3.24. The number of hydrogen-bond acceptors (Lipinski definition) is 3. The van der Waals surface area contributed by atoms with Gasteiger partial charge in [0.25, 0.3) is 5.91 Å². The van der Waals surface area contributed by atoms with Crippen LogP contribution in [-0.4, -0.2) is 20.9 Å². The maximum absolute atomic E-state index is 14.1. The van der Waals surface area contributed by atoms with Gasteiger partial charge in [0, 0.05) is 17.1 Å². The normalized spacial score (nSPS) is 11.3. The number of hydrogen-bond donors (Lipinski definition) is 2. The molecular weight excluding hydrogens is 355 g/mol. The van der Waals surface area contributed by atoms with Gasteiger partial charge in [-0.3, -0.25) is 4.79 Å². The third-order valence-corrected chi connectivity index (χ3v) is 4.82. The molecule has 0 aliphatic heterocycles. The lowest BCUT2D eigenvalue weighted by Gasteiger charge is -2.09. The molecule has 0 aliphatic rings. The van der Waals surface area contributed by atoms with Crippen molar-refractivity contribution in [2.24, 2.45) is 0 Å². The quantitative estimate of drug-likeness (QED) is 0.818. The summed E-state index contributed by atoms with van der Waals surface area (Å²) in [7, 11) is -3.77. The standard InChI is InChI=1S/C16H16ClFN2O3S/c1-2-8-19-24(22,23)13-6-7-15(14(18)10-13)20-16(21)11-4-3-5-12(17)9-11/h3-7,9-10,19H,2,8H2,1H3,(H,20,21). The number of anilines is 1. The second-order valence-corrected chi connectivity index (χ2v) is 7.21. The number of carbonyl (C=O) groups excluding carboxylic acids is 1. The van der Waals surface area contributed by atoms with Crippen molar-refractivity contribution < 1.29 is 17.6 Å². The SMILES string of the molecule is CCCNS(=O)(=O)c1ccc(NC(=O)c2cccc(Cl)c2)c(F)c1. The summed E-state index contributed by atoms with van der Waals surface area (Å²) in [6.45, 7) is 2.08. The molecule has 5 nitrogen and oxygen atoms in total. The number of nitrogens with one attached hydrogen (secondary N) is 2. The molecule has 0 aromatic heterocycles. The van der Waals surface area contributed by atoms with Gasteiger partial charge >= 0.3 is 0 Å². The zero-order chi connectivity index (χ0) is 17.7. The number of rotatable bonds is 6.